The van der Waals surface area contributed by atoms with Gasteiger partial charge in [-0.2, -0.15) is 0 Å². The quantitative estimate of drug-likeness (QED) is 0.632. The summed E-state index contributed by atoms with van der Waals surface area (Å²) in [7, 11) is 2.12. The summed E-state index contributed by atoms with van der Waals surface area (Å²) in [6.07, 6.45) is 4.15. The highest BCUT2D eigenvalue weighted by Crippen LogP contribution is 2.50. The first-order valence-corrected chi connectivity index (χ1v) is 8.18. The van der Waals surface area contributed by atoms with Gasteiger partial charge in [0.2, 0.25) is 0 Å². The average molecular weight is 311 g/mol. The van der Waals surface area contributed by atoms with Crippen molar-refractivity contribution in [2.45, 2.75) is 5.60 Å². The van der Waals surface area contributed by atoms with E-state index in [4.69, 9.17) is 4.74 Å². The van der Waals surface area contributed by atoms with E-state index in [1.165, 1.54) is 27.7 Å². The number of rotatable bonds is 0. The van der Waals surface area contributed by atoms with Gasteiger partial charge >= 0.3 is 0 Å². The summed E-state index contributed by atoms with van der Waals surface area (Å²) < 4.78 is 6.43. The fraction of sp³-hybridized carbons (Fsp3) is 0.0909. The van der Waals surface area contributed by atoms with E-state index in [2.05, 4.69) is 84.8 Å². The minimum absolute atomic E-state index is 0.575. The van der Waals surface area contributed by atoms with Crippen LogP contribution < -0.4 is 15.3 Å². The maximum atomic E-state index is 6.43. The SMILES string of the molecule is CN1c2ccccc2C2(C=c3ccccc3=CO2)c2ccccc21. The average Bonchev–Trinajstić information content (AvgIpc) is 2.66. The molecule has 0 radical (unpaired) electrons. The van der Waals surface area contributed by atoms with E-state index in [0.29, 0.717) is 0 Å². The summed E-state index contributed by atoms with van der Waals surface area (Å²) in [6, 6.07) is 25.3. The van der Waals surface area contributed by atoms with Crippen molar-refractivity contribution in [1.29, 1.82) is 0 Å². The van der Waals surface area contributed by atoms with Crippen LogP contribution in [-0.4, -0.2) is 7.05 Å². The lowest BCUT2D eigenvalue weighted by Crippen LogP contribution is -2.42. The number of anilines is 2. The summed E-state index contributed by atoms with van der Waals surface area (Å²) in [6.45, 7) is 0. The van der Waals surface area contributed by atoms with Gasteiger partial charge in [-0.05, 0) is 23.4 Å². The third-order valence-electron chi connectivity index (χ3n) is 5.06. The van der Waals surface area contributed by atoms with Crippen LogP contribution >= 0.6 is 0 Å². The summed E-state index contributed by atoms with van der Waals surface area (Å²) >= 11 is 0. The first-order valence-electron chi connectivity index (χ1n) is 8.18. The molecule has 2 heteroatoms. The Morgan fingerprint density at radius 2 is 1.25 bits per heavy atom. The van der Waals surface area contributed by atoms with Gasteiger partial charge in [-0.1, -0.05) is 60.7 Å². The highest BCUT2D eigenvalue weighted by molar-refractivity contribution is 5.81. The van der Waals surface area contributed by atoms with E-state index in [-0.39, 0.29) is 0 Å². The van der Waals surface area contributed by atoms with Gasteiger partial charge in [-0.25, -0.2) is 0 Å². The summed E-state index contributed by atoms with van der Waals surface area (Å²) in [5.74, 6) is 0. The van der Waals surface area contributed by atoms with Crippen LogP contribution in [0.1, 0.15) is 11.1 Å². The van der Waals surface area contributed by atoms with E-state index in [1.807, 2.05) is 12.3 Å². The highest BCUT2D eigenvalue weighted by atomic mass is 16.5. The second-order valence-corrected chi connectivity index (χ2v) is 6.34. The molecule has 0 unspecified atom stereocenters. The fourth-order valence-corrected chi connectivity index (χ4v) is 3.88. The monoisotopic (exact) mass is 311 g/mol. The zero-order valence-electron chi connectivity index (χ0n) is 13.4. The standard InChI is InChI=1S/C22H17NO/c1-23-20-12-6-4-10-18(20)22(19-11-5-7-13-21(19)23)14-16-8-2-3-9-17(16)15-24-22/h2-15H,1H3. The van der Waals surface area contributed by atoms with Gasteiger partial charge in [0, 0.05) is 34.8 Å². The number of hydrogen-bond donors (Lipinski definition) is 0. The zero-order valence-corrected chi connectivity index (χ0v) is 13.4. The molecule has 0 fully saturated rings. The van der Waals surface area contributed by atoms with E-state index < -0.39 is 5.60 Å². The molecule has 0 saturated heterocycles. The molecule has 0 atom stereocenters. The van der Waals surface area contributed by atoms with Crippen LogP contribution in [0.15, 0.2) is 72.8 Å². The first-order chi connectivity index (χ1) is 11.8. The molecule has 116 valence electrons. The molecule has 0 bridgehead atoms. The molecule has 1 spiro atoms. The Kier molecular flexibility index (Phi) is 2.66. The van der Waals surface area contributed by atoms with Crippen LogP contribution in [-0.2, 0) is 10.3 Å². The van der Waals surface area contributed by atoms with E-state index in [9.17, 15) is 0 Å². The Morgan fingerprint density at radius 3 is 1.92 bits per heavy atom. The maximum absolute atomic E-state index is 6.43. The third-order valence-corrected chi connectivity index (χ3v) is 5.06. The van der Waals surface area contributed by atoms with Crippen LogP contribution in [0.4, 0.5) is 11.4 Å². The number of para-hydroxylation sites is 2. The highest BCUT2D eigenvalue weighted by Gasteiger charge is 2.43. The van der Waals surface area contributed by atoms with Crippen LogP contribution in [0, 0.1) is 0 Å². The Morgan fingerprint density at radius 1 is 0.708 bits per heavy atom. The molecule has 2 heterocycles. The van der Waals surface area contributed by atoms with Crippen LogP contribution in [0.3, 0.4) is 0 Å². The molecule has 3 aromatic rings. The maximum Gasteiger partial charge on any atom is 0.181 e. The summed E-state index contributed by atoms with van der Waals surface area (Å²) in [5.41, 5.74) is 4.14. The third kappa shape index (κ3) is 1.65. The Balaban J connectivity index is 1.91. The number of fused-ring (bicyclic) bond motifs is 5. The molecule has 2 nitrogen and oxygen atoms in total. The largest absolute Gasteiger partial charge is 0.480 e. The number of hydrogen-bond acceptors (Lipinski definition) is 2. The van der Waals surface area contributed by atoms with Gasteiger partial charge in [0.05, 0.1) is 6.26 Å². The van der Waals surface area contributed by atoms with E-state index in [1.54, 1.807) is 0 Å². The molecule has 0 aliphatic carbocycles. The van der Waals surface area contributed by atoms with Gasteiger partial charge in [-0.15, -0.1) is 0 Å². The minimum Gasteiger partial charge on any atom is -0.480 e. The number of nitrogens with zero attached hydrogens (tertiary/aromatic N) is 1. The summed E-state index contributed by atoms with van der Waals surface area (Å²) in [4.78, 5) is 2.24. The van der Waals surface area contributed by atoms with E-state index in [0.717, 1.165) is 5.22 Å². The van der Waals surface area contributed by atoms with Gasteiger partial charge in [0.1, 0.15) is 0 Å². The van der Waals surface area contributed by atoms with Crippen molar-refractivity contribution in [2.24, 2.45) is 0 Å². The second kappa shape index (κ2) is 4.75. The molecule has 0 saturated carbocycles. The van der Waals surface area contributed by atoms with Crippen LogP contribution in [0.25, 0.3) is 12.3 Å². The molecular weight excluding hydrogens is 294 g/mol. The van der Waals surface area contributed by atoms with Gasteiger partial charge in [0.15, 0.2) is 5.60 Å². The second-order valence-electron chi connectivity index (χ2n) is 6.34. The molecule has 24 heavy (non-hydrogen) atoms. The lowest BCUT2D eigenvalue weighted by atomic mass is 9.79. The number of benzene rings is 3. The normalized spacial score (nSPS) is 16.1. The fourth-order valence-electron chi connectivity index (χ4n) is 3.88. The lowest BCUT2D eigenvalue weighted by Gasteiger charge is -2.42. The van der Waals surface area contributed by atoms with Crippen molar-refractivity contribution in [3.05, 3.63) is 94.4 Å². The smallest absolute Gasteiger partial charge is 0.181 e. The Labute approximate surface area is 140 Å². The molecule has 0 amide bonds. The van der Waals surface area contributed by atoms with Crippen molar-refractivity contribution in [3.8, 4) is 0 Å². The Hall–Kier alpha value is -3.00. The summed E-state index contributed by atoms with van der Waals surface area (Å²) in [5, 5.41) is 2.33. The molecule has 0 aromatic heterocycles. The first kappa shape index (κ1) is 13.4. The zero-order chi connectivity index (χ0) is 16.1. The molecule has 5 rings (SSSR count). The van der Waals surface area contributed by atoms with Gasteiger partial charge in [-0.3, -0.25) is 0 Å². The van der Waals surface area contributed by atoms with Crippen molar-refractivity contribution in [3.63, 3.8) is 0 Å². The van der Waals surface area contributed by atoms with Gasteiger partial charge in [0.25, 0.3) is 0 Å². The minimum atomic E-state index is -0.575. The van der Waals surface area contributed by atoms with Crippen molar-refractivity contribution in [2.75, 3.05) is 11.9 Å². The molecule has 3 aromatic carbocycles. The van der Waals surface area contributed by atoms with Crippen molar-refractivity contribution >= 4 is 23.7 Å². The van der Waals surface area contributed by atoms with Crippen molar-refractivity contribution < 1.29 is 4.74 Å². The Bertz CT molecular complexity index is 1020. The lowest BCUT2D eigenvalue weighted by molar-refractivity contribution is 0.152. The van der Waals surface area contributed by atoms with Gasteiger partial charge < -0.3 is 9.64 Å². The molecule has 2 aliphatic rings. The number of ether oxygens (including phenoxy) is 1. The van der Waals surface area contributed by atoms with Crippen LogP contribution in [0.5, 0.6) is 0 Å². The molecular formula is C22H17NO. The van der Waals surface area contributed by atoms with E-state index >= 15 is 0 Å². The topological polar surface area (TPSA) is 12.5 Å². The predicted octanol–water partition coefficient (Wildman–Crippen LogP) is 3.26. The van der Waals surface area contributed by atoms with Crippen LogP contribution in [0.2, 0.25) is 0 Å². The molecule has 0 N–H and O–H groups in total. The molecule has 2 aliphatic heterocycles. The van der Waals surface area contributed by atoms with Crippen molar-refractivity contribution in [1.82, 2.24) is 0 Å². The predicted molar refractivity (Wildman–Crippen MR) is 97.4 cm³/mol.